The summed E-state index contributed by atoms with van der Waals surface area (Å²) in [6, 6.07) is 3.62. The van der Waals surface area contributed by atoms with Crippen molar-refractivity contribution in [3.05, 3.63) is 29.3 Å². The molecule has 0 saturated carbocycles. The fourth-order valence-corrected chi connectivity index (χ4v) is 2.04. The van der Waals surface area contributed by atoms with Gasteiger partial charge in [-0.1, -0.05) is 6.07 Å². The summed E-state index contributed by atoms with van der Waals surface area (Å²) in [5.41, 5.74) is 6.05. The van der Waals surface area contributed by atoms with E-state index in [1.807, 2.05) is 0 Å². The van der Waals surface area contributed by atoms with E-state index in [0.717, 1.165) is 37.2 Å². The number of nitrogens with one attached hydrogen (secondary N) is 1. The minimum absolute atomic E-state index is 0.238. The van der Waals surface area contributed by atoms with Crippen LogP contribution in [0.5, 0.6) is 0 Å². The number of nitrogens with two attached hydrogens (primary N) is 1. The maximum atomic E-state index is 12.4. The number of benzene rings is 1. The average molecular weight is 230 g/mol. The maximum Gasteiger partial charge on any atom is 0.416 e. The third-order valence-corrected chi connectivity index (χ3v) is 2.91. The summed E-state index contributed by atoms with van der Waals surface area (Å²) in [7, 11) is 0. The van der Waals surface area contributed by atoms with Crippen molar-refractivity contribution in [1.29, 1.82) is 0 Å². The zero-order valence-corrected chi connectivity index (χ0v) is 8.64. The number of hydrogen-bond donors (Lipinski definition) is 2. The molecule has 1 atom stereocenters. The van der Waals surface area contributed by atoms with Gasteiger partial charge in [0.25, 0.3) is 0 Å². The fraction of sp³-hybridized carbons (Fsp3) is 0.455. The highest BCUT2D eigenvalue weighted by atomic mass is 19.4. The summed E-state index contributed by atoms with van der Waals surface area (Å²) in [6.45, 7) is 1.68. The molecular weight excluding hydrogens is 217 g/mol. The molecule has 1 aromatic carbocycles. The standard InChI is InChI=1S/C11H13F3N2/c12-11(13,14)8-1-2-9(10(15)5-8)7-3-4-16-6-7/h1-2,5,7,16H,3-4,6,15H2. The smallest absolute Gasteiger partial charge is 0.398 e. The number of rotatable bonds is 1. The van der Waals surface area contributed by atoms with Crippen LogP contribution < -0.4 is 11.1 Å². The zero-order valence-electron chi connectivity index (χ0n) is 8.64. The van der Waals surface area contributed by atoms with E-state index < -0.39 is 11.7 Å². The Morgan fingerprint density at radius 3 is 2.56 bits per heavy atom. The van der Waals surface area contributed by atoms with Gasteiger partial charge in [-0.05, 0) is 36.6 Å². The minimum Gasteiger partial charge on any atom is -0.398 e. The van der Waals surface area contributed by atoms with E-state index in [0.29, 0.717) is 0 Å². The molecular formula is C11H13F3N2. The summed E-state index contributed by atoms with van der Waals surface area (Å²) in [5.74, 6) is 0.238. The molecule has 1 aliphatic heterocycles. The first kappa shape index (κ1) is 11.3. The van der Waals surface area contributed by atoms with Crippen molar-refractivity contribution >= 4 is 5.69 Å². The molecule has 0 aromatic heterocycles. The number of halogens is 3. The van der Waals surface area contributed by atoms with E-state index in [2.05, 4.69) is 5.32 Å². The van der Waals surface area contributed by atoms with Crippen LogP contribution in [-0.4, -0.2) is 13.1 Å². The van der Waals surface area contributed by atoms with Crippen LogP contribution >= 0.6 is 0 Å². The summed E-state index contributed by atoms with van der Waals surface area (Å²) < 4.78 is 37.2. The second kappa shape index (κ2) is 3.97. The summed E-state index contributed by atoms with van der Waals surface area (Å²) in [6.07, 6.45) is -3.39. The van der Waals surface area contributed by atoms with Crippen LogP contribution in [0.2, 0.25) is 0 Å². The molecule has 1 saturated heterocycles. The monoisotopic (exact) mass is 230 g/mol. The quantitative estimate of drug-likeness (QED) is 0.727. The van der Waals surface area contributed by atoms with E-state index in [1.165, 1.54) is 6.07 Å². The molecule has 3 N–H and O–H groups in total. The zero-order chi connectivity index (χ0) is 11.8. The Balaban J connectivity index is 2.29. The van der Waals surface area contributed by atoms with Crippen LogP contribution in [0.25, 0.3) is 0 Å². The number of anilines is 1. The number of hydrogen-bond acceptors (Lipinski definition) is 2. The van der Waals surface area contributed by atoms with E-state index in [4.69, 9.17) is 5.73 Å². The second-order valence-electron chi connectivity index (χ2n) is 4.03. The van der Waals surface area contributed by atoms with Crippen molar-refractivity contribution in [2.75, 3.05) is 18.8 Å². The van der Waals surface area contributed by atoms with Gasteiger partial charge in [-0.3, -0.25) is 0 Å². The van der Waals surface area contributed by atoms with Gasteiger partial charge in [0.05, 0.1) is 5.56 Å². The highest BCUT2D eigenvalue weighted by molar-refractivity contribution is 5.52. The predicted molar refractivity (Wildman–Crippen MR) is 56.1 cm³/mol. The highest BCUT2D eigenvalue weighted by Crippen LogP contribution is 2.34. The van der Waals surface area contributed by atoms with Gasteiger partial charge in [0, 0.05) is 12.2 Å². The first-order valence-electron chi connectivity index (χ1n) is 5.16. The first-order chi connectivity index (χ1) is 7.48. The Hall–Kier alpha value is -1.23. The molecule has 0 bridgehead atoms. The molecule has 88 valence electrons. The maximum absolute atomic E-state index is 12.4. The van der Waals surface area contributed by atoms with E-state index in [9.17, 15) is 13.2 Å². The van der Waals surface area contributed by atoms with E-state index in [-0.39, 0.29) is 11.6 Å². The van der Waals surface area contributed by atoms with Crippen LogP contribution in [0.1, 0.15) is 23.5 Å². The lowest BCUT2D eigenvalue weighted by atomic mass is 9.95. The molecule has 1 aromatic rings. The second-order valence-corrected chi connectivity index (χ2v) is 4.03. The van der Waals surface area contributed by atoms with Gasteiger partial charge < -0.3 is 11.1 Å². The van der Waals surface area contributed by atoms with Gasteiger partial charge >= 0.3 is 6.18 Å². The molecule has 2 nitrogen and oxygen atoms in total. The van der Waals surface area contributed by atoms with E-state index in [1.54, 1.807) is 0 Å². The lowest BCUT2D eigenvalue weighted by molar-refractivity contribution is -0.137. The SMILES string of the molecule is Nc1cc(C(F)(F)F)ccc1C1CCNC1. The molecule has 1 aliphatic rings. The van der Waals surface area contributed by atoms with Crippen molar-refractivity contribution in [2.24, 2.45) is 0 Å². The van der Waals surface area contributed by atoms with Crippen molar-refractivity contribution in [1.82, 2.24) is 5.32 Å². The minimum atomic E-state index is -4.32. The van der Waals surface area contributed by atoms with Gasteiger partial charge in [0.15, 0.2) is 0 Å². The predicted octanol–water partition coefficient (Wildman–Crippen LogP) is 2.36. The van der Waals surface area contributed by atoms with Crippen LogP contribution in [0.15, 0.2) is 18.2 Å². The van der Waals surface area contributed by atoms with Crippen LogP contribution in [0.3, 0.4) is 0 Å². The lowest BCUT2D eigenvalue weighted by Gasteiger charge is -2.14. The van der Waals surface area contributed by atoms with Crippen molar-refractivity contribution in [3.8, 4) is 0 Å². The molecule has 1 fully saturated rings. The first-order valence-corrected chi connectivity index (χ1v) is 5.16. The Bertz CT molecular complexity index is 381. The Morgan fingerprint density at radius 1 is 1.31 bits per heavy atom. The van der Waals surface area contributed by atoms with E-state index >= 15 is 0 Å². The molecule has 0 amide bonds. The van der Waals surface area contributed by atoms with Crippen molar-refractivity contribution < 1.29 is 13.2 Å². The molecule has 5 heteroatoms. The summed E-state index contributed by atoms with van der Waals surface area (Å²) >= 11 is 0. The topological polar surface area (TPSA) is 38.0 Å². The van der Waals surface area contributed by atoms with Crippen LogP contribution in [0, 0.1) is 0 Å². The van der Waals surface area contributed by atoms with Crippen molar-refractivity contribution in [2.45, 2.75) is 18.5 Å². The van der Waals surface area contributed by atoms with Gasteiger partial charge in [-0.15, -0.1) is 0 Å². The molecule has 0 spiro atoms. The number of alkyl halides is 3. The third kappa shape index (κ3) is 2.14. The van der Waals surface area contributed by atoms with Crippen molar-refractivity contribution in [3.63, 3.8) is 0 Å². The average Bonchev–Trinajstić information content (AvgIpc) is 2.69. The lowest BCUT2D eigenvalue weighted by Crippen LogP contribution is -2.11. The normalized spacial score (nSPS) is 21.3. The molecule has 2 rings (SSSR count). The van der Waals surface area contributed by atoms with Crippen LogP contribution in [-0.2, 0) is 6.18 Å². The van der Waals surface area contributed by atoms with Crippen LogP contribution in [0.4, 0.5) is 18.9 Å². The van der Waals surface area contributed by atoms with Gasteiger partial charge in [0.2, 0.25) is 0 Å². The fourth-order valence-electron chi connectivity index (χ4n) is 2.04. The summed E-state index contributed by atoms with van der Waals surface area (Å²) in [5, 5.41) is 3.17. The largest absolute Gasteiger partial charge is 0.416 e. The molecule has 0 aliphatic carbocycles. The molecule has 1 heterocycles. The Morgan fingerprint density at radius 2 is 2.06 bits per heavy atom. The van der Waals surface area contributed by atoms with Gasteiger partial charge in [-0.2, -0.15) is 13.2 Å². The summed E-state index contributed by atoms with van der Waals surface area (Å²) in [4.78, 5) is 0. The highest BCUT2D eigenvalue weighted by Gasteiger charge is 2.31. The number of nitrogen functional groups attached to an aromatic ring is 1. The Kier molecular flexibility index (Phi) is 2.80. The third-order valence-electron chi connectivity index (χ3n) is 2.91. The molecule has 0 radical (unpaired) electrons. The molecule has 16 heavy (non-hydrogen) atoms. The van der Waals surface area contributed by atoms with Gasteiger partial charge in [-0.25, -0.2) is 0 Å². The Labute approximate surface area is 91.6 Å². The van der Waals surface area contributed by atoms with Gasteiger partial charge in [0.1, 0.15) is 0 Å². The molecule has 1 unspecified atom stereocenters.